The molecule has 0 aliphatic heterocycles. The Labute approximate surface area is 193 Å². The quantitative estimate of drug-likeness (QED) is 0.549. The van der Waals surface area contributed by atoms with E-state index in [1.54, 1.807) is 24.2 Å². The Morgan fingerprint density at radius 2 is 1.78 bits per heavy atom. The summed E-state index contributed by atoms with van der Waals surface area (Å²) in [6.45, 7) is 6.09. The lowest BCUT2D eigenvalue weighted by molar-refractivity contribution is 0.0531. The minimum absolute atomic E-state index is 0.0392. The number of thiophene rings is 1. The number of amides is 1. The monoisotopic (exact) mass is 478 g/mol. The summed E-state index contributed by atoms with van der Waals surface area (Å²) in [6, 6.07) is 7.76. The summed E-state index contributed by atoms with van der Waals surface area (Å²) in [4.78, 5) is 25.3. The van der Waals surface area contributed by atoms with Gasteiger partial charge in [-0.2, -0.15) is 4.31 Å². The number of benzene rings is 1. The zero-order valence-corrected chi connectivity index (χ0v) is 20.4. The second-order valence-corrected chi connectivity index (χ2v) is 10.8. The molecule has 1 aliphatic carbocycles. The second-order valence-electron chi connectivity index (χ2n) is 7.82. The van der Waals surface area contributed by atoms with E-state index in [1.165, 1.54) is 24.3 Å². The molecule has 32 heavy (non-hydrogen) atoms. The molecule has 9 heteroatoms. The molecule has 7 nitrogen and oxygen atoms in total. The topological polar surface area (TPSA) is 92.8 Å². The highest BCUT2D eigenvalue weighted by Gasteiger charge is 2.31. The van der Waals surface area contributed by atoms with E-state index in [9.17, 15) is 18.0 Å². The van der Waals surface area contributed by atoms with Gasteiger partial charge in [-0.3, -0.25) is 4.79 Å². The number of esters is 1. The first-order valence-corrected chi connectivity index (χ1v) is 13.2. The highest BCUT2D eigenvalue weighted by atomic mass is 32.2. The molecule has 0 unspecified atom stereocenters. The molecule has 1 aromatic carbocycles. The molecule has 1 amide bonds. The summed E-state index contributed by atoms with van der Waals surface area (Å²) in [5.41, 5.74) is 1.07. The average Bonchev–Trinajstić information content (AvgIpc) is 3.15. The van der Waals surface area contributed by atoms with Gasteiger partial charge in [0, 0.05) is 18.2 Å². The van der Waals surface area contributed by atoms with Crippen molar-refractivity contribution in [2.75, 3.05) is 18.5 Å². The molecule has 1 N–H and O–H groups in total. The Kier molecular flexibility index (Phi) is 8.08. The van der Waals surface area contributed by atoms with Crippen LogP contribution in [0.3, 0.4) is 0 Å². The van der Waals surface area contributed by atoms with Crippen LogP contribution in [-0.4, -0.2) is 43.8 Å². The number of anilines is 1. The highest BCUT2D eigenvalue weighted by Crippen LogP contribution is 2.29. The average molecular weight is 479 g/mol. The molecular formula is C23H30N2O5S2. The van der Waals surface area contributed by atoms with E-state index in [0.29, 0.717) is 22.0 Å². The summed E-state index contributed by atoms with van der Waals surface area (Å²) in [5, 5.41) is 3.30. The number of hydrogen-bond acceptors (Lipinski definition) is 6. The van der Waals surface area contributed by atoms with Gasteiger partial charge in [0.05, 0.1) is 16.5 Å². The van der Waals surface area contributed by atoms with Crippen LogP contribution >= 0.6 is 11.3 Å². The van der Waals surface area contributed by atoms with Crippen molar-refractivity contribution in [3.8, 4) is 0 Å². The number of hydrogen-bond donors (Lipinski definition) is 1. The molecule has 1 saturated carbocycles. The van der Waals surface area contributed by atoms with Gasteiger partial charge in [-0.15, -0.1) is 11.3 Å². The van der Waals surface area contributed by atoms with Gasteiger partial charge < -0.3 is 10.1 Å². The maximum absolute atomic E-state index is 13.2. The smallest absolute Gasteiger partial charge is 0.348 e. The molecule has 2 aromatic rings. The van der Waals surface area contributed by atoms with Gasteiger partial charge in [0.1, 0.15) is 4.88 Å². The lowest BCUT2D eigenvalue weighted by Gasteiger charge is -2.32. The van der Waals surface area contributed by atoms with Crippen LogP contribution < -0.4 is 5.32 Å². The summed E-state index contributed by atoms with van der Waals surface area (Å²) in [5.74, 6) is -0.784. The first-order valence-electron chi connectivity index (χ1n) is 11.0. The van der Waals surface area contributed by atoms with Gasteiger partial charge in [-0.05, 0) is 62.6 Å². The predicted octanol–water partition coefficient (Wildman–Crippen LogP) is 4.83. The van der Waals surface area contributed by atoms with E-state index in [0.717, 1.165) is 49.0 Å². The van der Waals surface area contributed by atoms with Crippen molar-refractivity contribution in [1.29, 1.82) is 0 Å². The van der Waals surface area contributed by atoms with Crippen LogP contribution in [0.4, 0.5) is 5.00 Å². The molecule has 0 saturated heterocycles. The van der Waals surface area contributed by atoms with Gasteiger partial charge in [0.15, 0.2) is 0 Å². The molecule has 1 heterocycles. The minimum Gasteiger partial charge on any atom is -0.462 e. The van der Waals surface area contributed by atoms with Crippen molar-refractivity contribution in [2.24, 2.45) is 0 Å². The lowest BCUT2D eigenvalue weighted by atomic mass is 9.95. The van der Waals surface area contributed by atoms with Crippen molar-refractivity contribution >= 4 is 38.2 Å². The molecule has 0 spiro atoms. The van der Waals surface area contributed by atoms with Crippen LogP contribution in [0.2, 0.25) is 0 Å². The maximum atomic E-state index is 13.2. The number of carbonyl (C=O) groups is 2. The summed E-state index contributed by atoms with van der Waals surface area (Å²) >= 11 is 1.15. The summed E-state index contributed by atoms with van der Waals surface area (Å²) in [6.07, 6.45) is 5.04. The Balaban J connectivity index is 1.73. The zero-order valence-electron chi connectivity index (χ0n) is 18.7. The van der Waals surface area contributed by atoms with Crippen molar-refractivity contribution in [3.05, 3.63) is 46.3 Å². The fraction of sp³-hybridized carbons (Fsp3) is 0.478. The van der Waals surface area contributed by atoms with Crippen molar-refractivity contribution < 1.29 is 22.7 Å². The van der Waals surface area contributed by atoms with Crippen LogP contribution in [0, 0.1) is 6.92 Å². The fourth-order valence-electron chi connectivity index (χ4n) is 4.03. The van der Waals surface area contributed by atoms with Crippen LogP contribution in [0.5, 0.6) is 0 Å². The third kappa shape index (κ3) is 5.39. The van der Waals surface area contributed by atoms with Crippen LogP contribution in [0.25, 0.3) is 0 Å². The van der Waals surface area contributed by atoms with Gasteiger partial charge >= 0.3 is 5.97 Å². The Bertz CT molecular complexity index is 1050. The van der Waals surface area contributed by atoms with E-state index in [4.69, 9.17) is 4.74 Å². The van der Waals surface area contributed by atoms with E-state index in [-0.39, 0.29) is 23.5 Å². The molecule has 1 fully saturated rings. The van der Waals surface area contributed by atoms with E-state index in [2.05, 4.69) is 5.32 Å². The largest absolute Gasteiger partial charge is 0.462 e. The Hall–Kier alpha value is -2.23. The highest BCUT2D eigenvalue weighted by molar-refractivity contribution is 7.89. The first kappa shape index (κ1) is 24.4. The van der Waals surface area contributed by atoms with Gasteiger partial charge in [-0.25, -0.2) is 13.2 Å². The summed E-state index contributed by atoms with van der Waals surface area (Å²) < 4.78 is 33.0. The van der Waals surface area contributed by atoms with Crippen LogP contribution in [0.15, 0.2) is 35.2 Å². The van der Waals surface area contributed by atoms with Gasteiger partial charge in [0.2, 0.25) is 10.0 Å². The summed E-state index contributed by atoms with van der Waals surface area (Å²) in [7, 11) is -3.62. The second kappa shape index (κ2) is 10.6. The van der Waals surface area contributed by atoms with E-state index >= 15 is 0 Å². The SMILES string of the molecule is CCOC(=O)c1sc(NC(=O)c2ccc(S(=O)(=O)N(CC)C3CCCCC3)cc2)cc1C. The molecular weight excluding hydrogens is 448 g/mol. The third-order valence-electron chi connectivity index (χ3n) is 5.63. The Morgan fingerprint density at radius 3 is 2.38 bits per heavy atom. The van der Waals surface area contributed by atoms with Gasteiger partial charge in [0.25, 0.3) is 5.91 Å². The predicted molar refractivity (Wildman–Crippen MR) is 126 cm³/mol. The fourth-order valence-corrected chi connectivity index (χ4v) is 6.69. The number of carbonyl (C=O) groups excluding carboxylic acids is 2. The molecule has 3 rings (SSSR count). The number of nitrogens with one attached hydrogen (secondary N) is 1. The number of rotatable bonds is 8. The number of sulfonamides is 1. The van der Waals surface area contributed by atoms with Gasteiger partial charge in [-0.1, -0.05) is 26.2 Å². The standard InChI is InChI=1S/C23H30N2O5S2/c1-4-25(18-9-7-6-8-10-18)32(28,29)19-13-11-17(12-14-19)22(26)24-20-15-16(3)21(31-20)23(27)30-5-2/h11-15,18H,4-10H2,1-3H3,(H,24,26). The molecule has 1 aromatic heterocycles. The molecule has 0 atom stereocenters. The zero-order chi connectivity index (χ0) is 23.3. The third-order valence-corrected chi connectivity index (χ3v) is 8.81. The Morgan fingerprint density at radius 1 is 1.12 bits per heavy atom. The molecule has 174 valence electrons. The number of ether oxygens (including phenoxy) is 1. The minimum atomic E-state index is -3.62. The number of aryl methyl sites for hydroxylation is 1. The molecule has 1 aliphatic rings. The molecule has 0 radical (unpaired) electrons. The van der Waals surface area contributed by atoms with Crippen LogP contribution in [0.1, 0.15) is 71.5 Å². The van der Waals surface area contributed by atoms with E-state index in [1.807, 2.05) is 6.92 Å². The van der Waals surface area contributed by atoms with Crippen LogP contribution in [-0.2, 0) is 14.8 Å². The molecule has 0 bridgehead atoms. The first-order chi connectivity index (χ1) is 15.3. The normalized spacial score (nSPS) is 15.0. The van der Waals surface area contributed by atoms with Crippen molar-refractivity contribution in [3.63, 3.8) is 0 Å². The van der Waals surface area contributed by atoms with Crippen molar-refractivity contribution in [2.45, 2.75) is 63.8 Å². The lowest BCUT2D eigenvalue weighted by Crippen LogP contribution is -2.41. The van der Waals surface area contributed by atoms with Crippen molar-refractivity contribution in [1.82, 2.24) is 4.31 Å². The van der Waals surface area contributed by atoms with E-state index < -0.39 is 16.0 Å². The number of nitrogens with zero attached hydrogens (tertiary/aromatic N) is 1. The maximum Gasteiger partial charge on any atom is 0.348 e.